The predicted molar refractivity (Wildman–Crippen MR) is 101 cm³/mol. The van der Waals surface area contributed by atoms with Gasteiger partial charge in [-0.1, -0.05) is 18.2 Å². The summed E-state index contributed by atoms with van der Waals surface area (Å²) in [7, 11) is 3.74. The van der Waals surface area contributed by atoms with Crippen LogP contribution >= 0.6 is 0 Å². The minimum absolute atomic E-state index is 0.0498. The Labute approximate surface area is 154 Å². The Morgan fingerprint density at radius 1 is 1.12 bits per heavy atom. The fourth-order valence-electron chi connectivity index (χ4n) is 2.95. The minimum atomic E-state index is -0.0498. The second-order valence-electron chi connectivity index (χ2n) is 6.39. The lowest BCUT2D eigenvalue weighted by molar-refractivity contribution is 0.0657. The number of ether oxygens (including phenoxy) is 1. The van der Waals surface area contributed by atoms with E-state index in [1.54, 1.807) is 19.2 Å². The zero-order valence-electron chi connectivity index (χ0n) is 15.3. The molecule has 7 heteroatoms. The molecule has 0 saturated carbocycles. The Kier molecular flexibility index (Phi) is 6.01. The van der Waals surface area contributed by atoms with Crippen molar-refractivity contribution in [2.24, 2.45) is 0 Å². The third kappa shape index (κ3) is 4.49. The Hall–Kier alpha value is -2.67. The van der Waals surface area contributed by atoms with Crippen LogP contribution in [0.4, 0.5) is 5.82 Å². The van der Waals surface area contributed by atoms with Crippen LogP contribution in [0.15, 0.2) is 36.4 Å². The molecule has 0 spiro atoms. The van der Waals surface area contributed by atoms with E-state index in [0.29, 0.717) is 18.1 Å². The Balaban J connectivity index is 1.52. The second-order valence-corrected chi connectivity index (χ2v) is 6.39. The van der Waals surface area contributed by atoms with Gasteiger partial charge in [-0.3, -0.25) is 4.79 Å². The molecular weight excluding hydrogens is 330 g/mol. The highest BCUT2D eigenvalue weighted by molar-refractivity contribution is 5.92. The number of piperazine rings is 1. The molecule has 1 fully saturated rings. The third-order valence-electron chi connectivity index (χ3n) is 4.57. The molecular formula is C19H25N5O2. The maximum Gasteiger partial charge on any atom is 0.274 e. The number of carbonyl (C=O) groups excluding carboxylic acids is 1. The molecule has 2 heterocycles. The van der Waals surface area contributed by atoms with Crippen molar-refractivity contribution in [3.05, 3.63) is 47.7 Å². The van der Waals surface area contributed by atoms with Crippen molar-refractivity contribution in [1.29, 1.82) is 0 Å². The summed E-state index contributed by atoms with van der Waals surface area (Å²) in [5.74, 6) is 1.49. The van der Waals surface area contributed by atoms with Gasteiger partial charge in [0.2, 0.25) is 0 Å². The van der Waals surface area contributed by atoms with Crippen molar-refractivity contribution in [2.75, 3.05) is 52.2 Å². The smallest absolute Gasteiger partial charge is 0.274 e. The molecule has 26 heavy (non-hydrogen) atoms. The lowest BCUT2D eigenvalue weighted by atomic mass is 10.1. The van der Waals surface area contributed by atoms with Gasteiger partial charge in [0.25, 0.3) is 5.91 Å². The fourth-order valence-corrected chi connectivity index (χ4v) is 2.95. The Morgan fingerprint density at radius 3 is 2.58 bits per heavy atom. The summed E-state index contributed by atoms with van der Waals surface area (Å²) in [6.45, 7) is 3.95. The minimum Gasteiger partial charge on any atom is -0.496 e. The molecule has 0 bridgehead atoms. The maximum absolute atomic E-state index is 12.5. The van der Waals surface area contributed by atoms with Crippen molar-refractivity contribution in [1.82, 2.24) is 20.0 Å². The quantitative estimate of drug-likeness (QED) is 0.847. The first-order valence-corrected chi connectivity index (χ1v) is 8.84. The van der Waals surface area contributed by atoms with Gasteiger partial charge in [-0.05, 0) is 37.2 Å². The van der Waals surface area contributed by atoms with E-state index in [0.717, 1.165) is 43.9 Å². The van der Waals surface area contributed by atoms with Crippen molar-refractivity contribution in [3.8, 4) is 5.75 Å². The van der Waals surface area contributed by atoms with Gasteiger partial charge in [0.15, 0.2) is 5.69 Å². The van der Waals surface area contributed by atoms with E-state index >= 15 is 0 Å². The Morgan fingerprint density at radius 2 is 1.88 bits per heavy atom. The largest absolute Gasteiger partial charge is 0.496 e. The van der Waals surface area contributed by atoms with E-state index in [9.17, 15) is 4.79 Å². The number of nitrogens with zero attached hydrogens (tertiary/aromatic N) is 4. The van der Waals surface area contributed by atoms with Gasteiger partial charge in [0.1, 0.15) is 11.6 Å². The SMILES string of the molecule is COc1ccccc1CCNc1ccc(C(=O)N2CCN(C)CC2)nn1. The van der Waals surface area contributed by atoms with Gasteiger partial charge < -0.3 is 19.9 Å². The van der Waals surface area contributed by atoms with Crippen LogP contribution in [0.25, 0.3) is 0 Å². The topological polar surface area (TPSA) is 70.6 Å². The van der Waals surface area contributed by atoms with Crippen molar-refractivity contribution >= 4 is 11.7 Å². The van der Waals surface area contributed by atoms with Crippen LogP contribution in [0, 0.1) is 0 Å². The van der Waals surface area contributed by atoms with E-state index in [1.165, 1.54) is 0 Å². The van der Waals surface area contributed by atoms with Crippen LogP contribution in [0.3, 0.4) is 0 Å². The standard InChI is InChI=1S/C19H25N5O2/c1-23-11-13-24(14-12-23)19(25)16-7-8-18(22-21-16)20-10-9-15-5-3-4-6-17(15)26-2/h3-8H,9-14H2,1-2H3,(H,20,22). The van der Waals surface area contributed by atoms with Gasteiger partial charge in [0, 0.05) is 32.7 Å². The van der Waals surface area contributed by atoms with Crippen molar-refractivity contribution in [2.45, 2.75) is 6.42 Å². The molecule has 0 atom stereocenters. The predicted octanol–water partition coefficient (Wildman–Crippen LogP) is 1.53. The average molecular weight is 355 g/mol. The summed E-state index contributed by atoms with van der Waals surface area (Å²) in [5, 5.41) is 11.5. The third-order valence-corrected chi connectivity index (χ3v) is 4.57. The zero-order valence-corrected chi connectivity index (χ0v) is 15.3. The molecule has 3 rings (SSSR count). The molecule has 1 aromatic heterocycles. The van der Waals surface area contributed by atoms with Crippen LogP contribution in [0.2, 0.25) is 0 Å². The summed E-state index contributed by atoms with van der Waals surface area (Å²) in [5.41, 5.74) is 1.53. The van der Waals surface area contributed by atoms with E-state index in [4.69, 9.17) is 4.74 Å². The number of hydrogen-bond acceptors (Lipinski definition) is 6. The summed E-state index contributed by atoms with van der Waals surface area (Å²) in [6, 6.07) is 11.5. The van der Waals surface area contributed by atoms with E-state index in [2.05, 4.69) is 27.5 Å². The van der Waals surface area contributed by atoms with Gasteiger partial charge in [0.05, 0.1) is 7.11 Å². The van der Waals surface area contributed by atoms with Crippen LogP contribution in [-0.4, -0.2) is 72.8 Å². The van der Waals surface area contributed by atoms with Crippen LogP contribution in [0.1, 0.15) is 16.1 Å². The molecule has 1 saturated heterocycles. The fraction of sp³-hybridized carbons (Fsp3) is 0.421. The number of rotatable bonds is 6. The molecule has 0 unspecified atom stereocenters. The monoisotopic (exact) mass is 355 g/mol. The number of methoxy groups -OCH3 is 1. The van der Waals surface area contributed by atoms with E-state index in [1.807, 2.05) is 29.2 Å². The summed E-state index contributed by atoms with van der Waals surface area (Å²) in [4.78, 5) is 16.5. The van der Waals surface area contributed by atoms with Crippen molar-refractivity contribution < 1.29 is 9.53 Å². The highest BCUT2D eigenvalue weighted by atomic mass is 16.5. The van der Waals surface area contributed by atoms with Crippen molar-refractivity contribution in [3.63, 3.8) is 0 Å². The number of aromatic nitrogens is 2. The molecule has 1 amide bonds. The van der Waals surface area contributed by atoms with Crippen LogP contribution < -0.4 is 10.1 Å². The maximum atomic E-state index is 12.5. The van der Waals surface area contributed by atoms with Gasteiger partial charge in [-0.25, -0.2) is 0 Å². The summed E-state index contributed by atoms with van der Waals surface area (Å²) >= 11 is 0. The highest BCUT2D eigenvalue weighted by Gasteiger charge is 2.21. The van der Waals surface area contributed by atoms with Gasteiger partial charge >= 0.3 is 0 Å². The van der Waals surface area contributed by atoms with Gasteiger partial charge in [-0.15, -0.1) is 10.2 Å². The molecule has 1 N–H and O–H groups in total. The summed E-state index contributed by atoms with van der Waals surface area (Å²) < 4.78 is 5.35. The first kappa shape index (κ1) is 18.1. The van der Waals surface area contributed by atoms with Crippen LogP contribution in [-0.2, 0) is 6.42 Å². The highest BCUT2D eigenvalue weighted by Crippen LogP contribution is 2.17. The van der Waals surface area contributed by atoms with E-state index < -0.39 is 0 Å². The zero-order chi connectivity index (χ0) is 18.4. The molecule has 7 nitrogen and oxygen atoms in total. The average Bonchev–Trinajstić information content (AvgIpc) is 2.69. The number of hydrogen-bond donors (Lipinski definition) is 1. The number of likely N-dealkylation sites (N-methyl/N-ethyl adjacent to an activating group) is 1. The number of amides is 1. The molecule has 2 aromatic rings. The molecule has 138 valence electrons. The number of para-hydroxylation sites is 1. The summed E-state index contributed by atoms with van der Waals surface area (Å²) in [6.07, 6.45) is 0.813. The molecule has 0 aliphatic carbocycles. The molecule has 1 aliphatic heterocycles. The first-order valence-electron chi connectivity index (χ1n) is 8.84. The number of benzene rings is 1. The number of carbonyl (C=O) groups is 1. The first-order chi connectivity index (χ1) is 12.7. The Bertz CT molecular complexity index is 727. The number of anilines is 1. The lowest BCUT2D eigenvalue weighted by Crippen LogP contribution is -2.47. The number of nitrogens with one attached hydrogen (secondary N) is 1. The van der Waals surface area contributed by atoms with Crippen LogP contribution in [0.5, 0.6) is 5.75 Å². The van der Waals surface area contributed by atoms with Gasteiger partial charge in [-0.2, -0.15) is 0 Å². The lowest BCUT2D eigenvalue weighted by Gasteiger charge is -2.32. The second kappa shape index (κ2) is 8.62. The normalized spacial score (nSPS) is 14.9. The molecule has 1 aliphatic rings. The molecule has 1 aromatic carbocycles. The van der Waals surface area contributed by atoms with E-state index in [-0.39, 0.29) is 5.91 Å². The molecule has 0 radical (unpaired) electrons.